The number of carbonyl (C=O) groups is 2. The first kappa shape index (κ1) is 16.1. The number of methoxy groups -OCH3 is 1. The smallest absolute Gasteiger partial charge is 0.340 e. The summed E-state index contributed by atoms with van der Waals surface area (Å²) in [7, 11) is 1.33. The first-order chi connectivity index (χ1) is 11.2. The van der Waals surface area contributed by atoms with Crippen LogP contribution < -0.4 is 5.32 Å². The van der Waals surface area contributed by atoms with E-state index in [0.29, 0.717) is 16.3 Å². The molecule has 0 saturated carbocycles. The Morgan fingerprint density at radius 1 is 1.26 bits per heavy atom. The number of esters is 1. The predicted molar refractivity (Wildman–Crippen MR) is 93.5 cm³/mol. The second-order valence-electron chi connectivity index (χ2n) is 5.28. The Morgan fingerprint density at radius 3 is 2.91 bits per heavy atom. The second-order valence-corrected chi connectivity index (χ2v) is 7.24. The Labute approximate surface area is 143 Å². The third-order valence-electron chi connectivity index (χ3n) is 3.76. The number of hydrogen-bond acceptors (Lipinski definition) is 5. The second kappa shape index (κ2) is 7.19. The number of thioether (sulfide) groups is 1. The maximum Gasteiger partial charge on any atom is 0.340 e. The van der Waals surface area contributed by atoms with Gasteiger partial charge in [0.05, 0.1) is 18.4 Å². The van der Waals surface area contributed by atoms with Crippen molar-refractivity contribution in [2.75, 3.05) is 18.2 Å². The highest BCUT2D eigenvalue weighted by Crippen LogP contribution is 2.28. The zero-order chi connectivity index (χ0) is 16.2. The molecule has 2 aromatic rings. The number of ether oxygens (including phenoxy) is 1. The average Bonchev–Trinajstić information content (AvgIpc) is 3.20. The maximum atomic E-state index is 12.1. The van der Waals surface area contributed by atoms with Crippen LogP contribution in [0, 0.1) is 0 Å². The van der Waals surface area contributed by atoms with E-state index in [0.717, 1.165) is 17.7 Å². The van der Waals surface area contributed by atoms with Gasteiger partial charge in [0.2, 0.25) is 5.91 Å². The first-order valence-corrected chi connectivity index (χ1v) is 9.24. The summed E-state index contributed by atoms with van der Waals surface area (Å²) in [5.74, 6) is -0.243. The van der Waals surface area contributed by atoms with Gasteiger partial charge in [0.25, 0.3) is 0 Å². The summed E-state index contributed by atoms with van der Waals surface area (Å²) in [6, 6.07) is 8.08. The maximum absolute atomic E-state index is 12.1. The molecular formula is C17H17NO3S2. The van der Waals surface area contributed by atoms with E-state index in [9.17, 15) is 9.59 Å². The third-order valence-corrected chi connectivity index (χ3v) is 5.59. The molecule has 23 heavy (non-hydrogen) atoms. The Balaban J connectivity index is 1.58. The molecule has 0 fully saturated rings. The van der Waals surface area contributed by atoms with E-state index in [-0.39, 0.29) is 5.91 Å². The van der Waals surface area contributed by atoms with Crippen molar-refractivity contribution in [1.82, 2.24) is 0 Å². The highest BCUT2D eigenvalue weighted by atomic mass is 32.2. The Hall–Kier alpha value is -1.79. The first-order valence-electron chi connectivity index (χ1n) is 7.37. The van der Waals surface area contributed by atoms with Gasteiger partial charge in [-0.05, 0) is 54.0 Å². The van der Waals surface area contributed by atoms with Crippen LogP contribution in [0.25, 0.3) is 0 Å². The molecular weight excluding hydrogens is 330 g/mol. The molecule has 0 saturated heterocycles. The molecule has 3 rings (SSSR count). The number of aryl methyl sites for hydroxylation is 2. The molecule has 0 radical (unpaired) electrons. The van der Waals surface area contributed by atoms with Crippen LogP contribution in [-0.2, 0) is 22.4 Å². The van der Waals surface area contributed by atoms with Crippen LogP contribution in [0.4, 0.5) is 5.00 Å². The Morgan fingerprint density at radius 2 is 2.09 bits per heavy atom. The number of carbonyl (C=O) groups excluding carboxylic acids is 2. The molecule has 120 valence electrons. The van der Waals surface area contributed by atoms with Crippen LogP contribution in [0.2, 0.25) is 0 Å². The van der Waals surface area contributed by atoms with Crippen LogP contribution in [0.1, 0.15) is 27.9 Å². The van der Waals surface area contributed by atoms with Crippen molar-refractivity contribution in [1.29, 1.82) is 0 Å². The summed E-state index contributed by atoms with van der Waals surface area (Å²) in [5.41, 5.74) is 3.23. The summed E-state index contributed by atoms with van der Waals surface area (Å²) in [4.78, 5) is 24.8. The molecule has 1 aromatic carbocycles. The van der Waals surface area contributed by atoms with E-state index < -0.39 is 5.97 Å². The molecule has 0 atom stereocenters. The molecule has 1 aliphatic rings. The van der Waals surface area contributed by atoms with E-state index in [1.807, 2.05) is 0 Å². The number of fused-ring (bicyclic) bond motifs is 1. The molecule has 0 unspecified atom stereocenters. The number of amides is 1. The summed E-state index contributed by atoms with van der Waals surface area (Å²) in [5, 5.41) is 5.08. The van der Waals surface area contributed by atoms with Crippen molar-refractivity contribution in [2.45, 2.75) is 24.2 Å². The van der Waals surface area contributed by atoms with E-state index >= 15 is 0 Å². The van der Waals surface area contributed by atoms with Gasteiger partial charge in [0, 0.05) is 4.90 Å². The van der Waals surface area contributed by atoms with Crippen LogP contribution in [0.3, 0.4) is 0 Å². The van der Waals surface area contributed by atoms with E-state index in [4.69, 9.17) is 4.74 Å². The fraction of sp³-hybridized carbons (Fsp3) is 0.294. The normalized spacial score (nSPS) is 12.7. The topological polar surface area (TPSA) is 55.4 Å². The molecule has 1 aromatic heterocycles. The molecule has 1 amide bonds. The Kier molecular flexibility index (Phi) is 5.03. The van der Waals surface area contributed by atoms with Gasteiger partial charge in [-0.3, -0.25) is 4.79 Å². The number of anilines is 1. The molecule has 0 bridgehead atoms. The van der Waals surface area contributed by atoms with E-state index in [1.165, 1.54) is 47.8 Å². The van der Waals surface area contributed by atoms with Crippen molar-refractivity contribution in [3.63, 3.8) is 0 Å². The predicted octanol–water partition coefficient (Wildman–Crippen LogP) is 3.75. The largest absolute Gasteiger partial charge is 0.465 e. The lowest BCUT2D eigenvalue weighted by atomic mass is 10.1. The van der Waals surface area contributed by atoms with Gasteiger partial charge in [-0.25, -0.2) is 4.79 Å². The highest BCUT2D eigenvalue weighted by Gasteiger charge is 2.16. The van der Waals surface area contributed by atoms with Crippen LogP contribution in [0.5, 0.6) is 0 Å². The fourth-order valence-electron chi connectivity index (χ4n) is 2.63. The minimum absolute atomic E-state index is 0.122. The summed E-state index contributed by atoms with van der Waals surface area (Å²) < 4.78 is 4.70. The monoisotopic (exact) mass is 347 g/mol. The third kappa shape index (κ3) is 3.76. The zero-order valence-corrected chi connectivity index (χ0v) is 14.4. The minimum Gasteiger partial charge on any atom is -0.465 e. The quantitative estimate of drug-likeness (QED) is 0.661. The molecule has 6 heteroatoms. The molecule has 0 spiro atoms. The average molecular weight is 347 g/mol. The molecule has 0 aliphatic heterocycles. The Bertz CT molecular complexity index is 739. The van der Waals surface area contributed by atoms with E-state index in [2.05, 4.69) is 23.5 Å². The highest BCUT2D eigenvalue weighted by molar-refractivity contribution is 8.00. The van der Waals surface area contributed by atoms with Crippen molar-refractivity contribution in [3.8, 4) is 0 Å². The number of rotatable bonds is 5. The molecule has 1 aliphatic carbocycles. The van der Waals surface area contributed by atoms with Crippen molar-refractivity contribution in [3.05, 3.63) is 46.3 Å². The van der Waals surface area contributed by atoms with Gasteiger partial charge in [0.1, 0.15) is 5.00 Å². The number of thiophene rings is 1. The molecule has 4 nitrogen and oxygen atoms in total. The van der Waals surface area contributed by atoms with Gasteiger partial charge in [0.15, 0.2) is 0 Å². The molecule has 1 heterocycles. The summed E-state index contributed by atoms with van der Waals surface area (Å²) in [6.45, 7) is 0. The summed E-state index contributed by atoms with van der Waals surface area (Å²) in [6.07, 6.45) is 3.52. The standard InChI is InChI=1S/C17H17NO3S2/c1-21-17(20)14-7-8-22-16(14)18-15(19)10-23-13-6-5-11-3-2-4-12(11)9-13/h5-9H,2-4,10H2,1H3,(H,18,19). The lowest BCUT2D eigenvalue weighted by Crippen LogP contribution is -2.15. The SMILES string of the molecule is COC(=O)c1ccsc1NC(=O)CSc1ccc2c(c1)CCC2. The van der Waals surface area contributed by atoms with Gasteiger partial charge < -0.3 is 10.1 Å². The minimum atomic E-state index is -0.437. The van der Waals surface area contributed by atoms with Gasteiger partial charge in [-0.15, -0.1) is 23.1 Å². The van der Waals surface area contributed by atoms with Crippen LogP contribution in [-0.4, -0.2) is 24.7 Å². The van der Waals surface area contributed by atoms with Crippen molar-refractivity contribution < 1.29 is 14.3 Å². The fourth-order valence-corrected chi connectivity index (χ4v) is 4.18. The van der Waals surface area contributed by atoms with Crippen molar-refractivity contribution >= 4 is 40.0 Å². The van der Waals surface area contributed by atoms with Gasteiger partial charge in [-0.2, -0.15) is 0 Å². The van der Waals surface area contributed by atoms with Gasteiger partial charge >= 0.3 is 5.97 Å². The lowest BCUT2D eigenvalue weighted by molar-refractivity contribution is -0.113. The number of benzene rings is 1. The lowest BCUT2D eigenvalue weighted by Gasteiger charge is -2.06. The number of hydrogen-bond donors (Lipinski definition) is 1. The number of nitrogens with one attached hydrogen (secondary N) is 1. The molecule has 1 N–H and O–H groups in total. The van der Waals surface area contributed by atoms with Gasteiger partial charge in [-0.1, -0.05) is 6.07 Å². The van der Waals surface area contributed by atoms with Crippen molar-refractivity contribution in [2.24, 2.45) is 0 Å². The van der Waals surface area contributed by atoms with E-state index in [1.54, 1.807) is 11.4 Å². The zero-order valence-electron chi connectivity index (χ0n) is 12.8. The summed E-state index contributed by atoms with van der Waals surface area (Å²) >= 11 is 2.83. The van der Waals surface area contributed by atoms with Crippen LogP contribution >= 0.6 is 23.1 Å². The van der Waals surface area contributed by atoms with Crippen LogP contribution in [0.15, 0.2) is 34.5 Å².